The lowest BCUT2D eigenvalue weighted by Crippen LogP contribution is -2.77. The molecule has 5 aromatic heterocycles. The largest absolute Gasteiger partial charge is 0.456 e. The first-order chi connectivity index (χ1) is 23.2. The van der Waals surface area contributed by atoms with Gasteiger partial charge in [-0.05, 0) is 79.2 Å². The normalized spacial score (nSPS) is 16.6. The van der Waals surface area contributed by atoms with Gasteiger partial charge in [0.2, 0.25) is 5.69 Å². The third kappa shape index (κ3) is 2.50. The Morgan fingerprint density at radius 2 is 1.62 bits per heavy atom. The Kier molecular flexibility index (Phi) is 3.98. The number of hydrogen-bond acceptors (Lipinski definition) is 3. The summed E-state index contributed by atoms with van der Waals surface area (Å²) in [7, 11) is 0. The van der Waals surface area contributed by atoms with Gasteiger partial charge < -0.3 is 9.15 Å². The third-order valence-electron chi connectivity index (χ3n) is 10.7. The van der Waals surface area contributed by atoms with E-state index >= 15 is 0 Å². The van der Waals surface area contributed by atoms with Crippen LogP contribution in [0.5, 0.6) is 11.5 Å². The molecule has 1 unspecified atom stereocenters. The lowest BCUT2D eigenvalue weighted by atomic mass is 9.84. The van der Waals surface area contributed by atoms with Crippen molar-refractivity contribution in [2.45, 2.75) is 19.5 Å². The number of nitrogens with zero attached hydrogens (tertiary/aromatic N) is 5. The fourth-order valence-corrected chi connectivity index (χ4v) is 9.14. The maximum atomic E-state index is 6.84. The molecule has 0 radical (unpaired) electrons. The van der Waals surface area contributed by atoms with Gasteiger partial charge in [-0.15, -0.1) is 4.68 Å². The van der Waals surface area contributed by atoms with E-state index < -0.39 is 5.66 Å². The summed E-state index contributed by atoms with van der Waals surface area (Å²) < 4.78 is 23.0. The fourth-order valence-electron chi connectivity index (χ4n) is 9.14. The maximum absolute atomic E-state index is 6.84. The summed E-state index contributed by atoms with van der Waals surface area (Å²) in [5, 5.41) is 3.48. The number of rotatable bonds is 1. The zero-order valence-corrected chi connectivity index (χ0v) is 25.5. The minimum atomic E-state index is -0.722. The number of hydrogen-bond donors (Lipinski definition) is 0. The van der Waals surface area contributed by atoms with E-state index in [1.165, 1.54) is 27.4 Å². The molecule has 9 aromatic rings. The first-order valence-corrected chi connectivity index (χ1v) is 16.0. The van der Waals surface area contributed by atoms with Gasteiger partial charge in [0, 0.05) is 35.3 Å². The lowest BCUT2D eigenvalue weighted by Gasteiger charge is -2.33. The van der Waals surface area contributed by atoms with Crippen molar-refractivity contribution in [3.05, 3.63) is 138 Å². The van der Waals surface area contributed by atoms with E-state index in [4.69, 9.17) is 9.15 Å². The number of aromatic nitrogens is 5. The topological polar surface area (TPSA) is 52.9 Å². The van der Waals surface area contributed by atoms with Crippen LogP contribution in [0, 0.1) is 13.8 Å². The van der Waals surface area contributed by atoms with Crippen molar-refractivity contribution in [3.8, 4) is 34.1 Å². The highest BCUT2D eigenvalue weighted by Gasteiger charge is 2.69. The zero-order valence-electron chi connectivity index (χ0n) is 25.5. The second-order valence-corrected chi connectivity index (χ2v) is 12.9. The van der Waals surface area contributed by atoms with Crippen LogP contribution >= 0.6 is 0 Å². The van der Waals surface area contributed by atoms with Crippen LogP contribution in [0.1, 0.15) is 22.5 Å². The molecule has 0 saturated carbocycles. The van der Waals surface area contributed by atoms with E-state index in [0.29, 0.717) is 0 Å². The highest BCUT2D eigenvalue weighted by atomic mass is 16.5. The van der Waals surface area contributed by atoms with Crippen molar-refractivity contribution in [2.75, 3.05) is 0 Å². The average molecular weight is 608 g/mol. The number of ether oxygens (including phenoxy) is 1. The molecule has 3 aliphatic rings. The van der Waals surface area contributed by atoms with Gasteiger partial charge in [0.05, 0.1) is 17.5 Å². The molecule has 0 N–H and O–H groups in total. The van der Waals surface area contributed by atoms with E-state index in [2.05, 4.69) is 135 Å². The van der Waals surface area contributed by atoms with Crippen molar-refractivity contribution in [1.29, 1.82) is 0 Å². The Labute approximate surface area is 267 Å². The molecular weight excluding hydrogens is 582 g/mol. The van der Waals surface area contributed by atoms with Gasteiger partial charge in [-0.1, -0.05) is 35.0 Å². The molecule has 0 aliphatic carbocycles. The predicted octanol–water partition coefficient (Wildman–Crippen LogP) is 7.76. The average Bonchev–Trinajstić information content (AvgIpc) is 3.81. The van der Waals surface area contributed by atoms with E-state index in [9.17, 15) is 0 Å². The van der Waals surface area contributed by atoms with E-state index in [1.807, 2.05) is 18.3 Å². The second kappa shape index (κ2) is 7.77. The Bertz CT molecular complexity index is 2930. The van der Waals surface area contributed by atoms with Gasteiger partial charge in [-0.2, -0.15) is 9.13 Å². The monoisotopic (exact) mass is 607 g/mol. The standard InChI is InChI=1S/C40H25N5O2/c1-22-35(24-15-16-27-33(21-24)47-32-13-8-19-41-38(27)32)23(2)45-40-36-29(44(22)45)11-7-12-30(36)46-31-18-17-26-25-9-3-4-10-28(25)43(39(26)37(31)40)34-14-5-6-20-42(34)40/h3-21H,1-2H3/q+2. The summed E-state index contributed by atoms with van der Waals surface area (Å²) in [6.07, 6.45) is 4.06. The van der Waals surface area contributed by atoms with E-state index in [0.717, 1.165) is 73.2 Å². The highest BCUT2D eigenvalue weighted by Crippen LogP contribution is 2.56. The van der Waals surface area contributed by atoms with Crippen molar-refractivity contribution in [2.24, 2.45) is 0 Å². The Balaban J connectivity index is 1.26. The summed E-state index contributed by atoms with van der Waals surface area (Å²) >= 11 is 0. The number of pyridine rings is 2. The second-order valence-electron chi connectivity index (χ2n) is 12.9. The molecule has 1 atom stereocenters. The minimum Gasteiger partial charge on any atom is -0.456 e. The Hall–Kier alpha value is -6.21. The van der Waals surface area contributed by atoms with Gasteiger partial charge in [0.15, 0.2) is 16.7 Å². The SMILES string of the molecule is Cc1c(-c2ccc3c(c2)oc2cccnc23)c(C)[n+]2n1-c1cccc3c1C21c2c(ccc4c5ccccc5n(c24)-c2cccc[n+]21)O3. The van der Waals surface area contributed by atoms with Gasteiger partial charge in [0.1, 0.15) is 39.4 Å². The third-order valence-corrected chi connectivity index (χ3v) is 10.7. The van der Waals surface area contributed by atoms with Crippen molar-refractivity contribution in [3.63, 3.8) is 0 Å². The minimum absolute atomic E-state index is 0.722. The first kappa shape index (κ1) is 24.1. The highest BCUT2D eigenvalue weighted by molar-refractivity contribution is 6.11. The molecular formula is C40H25N5O2+2. The van der Waals surface area contributed by atoms with Gasteiger partial charge in [-0.25, -0.2) is 0 Å². The van der Waals surface area contributed by atoms with Crippen molar-refractivity contribution < 1.29 is 18.4 Å². The summed E-state index contributed by atoms with van der Waals surface area (Å²) in [6.45, 7) is 4.49. The van der Waals surface area contributed by atoms with Crippen molar-refractivity contribution in [1.82, 2.24) is 14.2 Å². The van der Waals surface area contributed by atoms with Crippen molar-refractivity contribution >= 4 is 43.9 Å². The molecule has 0 bridgehead atoms. The summed E-state index contributed by atoms with van der Waals surface area (Å²) in [6, 6.07) is 36.5. The predicted molar refractivity (Wildman–Crippen MR) is 179 cm³/mol. The quantitative estimate of drug-likeness (QED) is 0.179. The van der Waals surface area contributed by atoms with Crippen LogP contribution < -0.4 is 14.0 Å². The van der Waals surface area contributed by atoms with Crippen LogP contribution in [0.2, 0.25) is 0 Å². The molecule has 0 fully saturated rings. The van der Waals surface area contributed by atoms with Crippen LogP contribution in [-0.2, 0) is 5.66 Å². The summed E-state index contributed by atoms with van der Waals surface area (Å²) in [5.41, 5.74) is 12.2. The molecule has 8 heterocycles. The van der Waals surface area contributed by atoms with E-state index in [-0.39, 0.29) is 0 Å². The van der Waals surface area contributed by atoms with Crippen LogP contribution in [0.4, 0.5) is 0 Å². The molecule has 0 amide bonds. The maximum Gasteiger partial charge on any atom is 0.397 e. The first-order valence-electron chi connectivity index (χ1n) is 16.0. The Morgan fingerprint density at radius 3 is 2.57 bits per heavy atom. The molecule has 1 spiro atoms. The molecule has 4 aromatic carbocycles. The zero-order chi connectivity index (χ0) is 30.8. The van der Waals surface area contributed by atoms with Crippen LogP contribution in [-0.4, -0.2) is 14.2 Å². The molecule has 7 nitrogen and oxygen atoms in total. The molecule has 12 rings (SSSR count). The molecule has 7 heteroatoms. The smallest absolute Gasteiger partial charge is 0.397 e. The van der Waals surface area contributed by atoms with Crippen LogP contribution in [0.15, 0.2) is 120 Å². The van der Waals surface area contributed by atoms with Crippen LogP contribution in [0.25, 0.3) is 66.5 Å². The summed E-state index contributed by atoms with van der Waals surface area (Å²) in [5.74, 6) is 2.88. The molecule has 220 valence electrons. The van der Waals surface area contributed by atoms with E-state index in [1.54, 1.807) is 0 Å². The van der Waals surface area contributed by atoms with Crippen LogP contribution in [0.3, 0.4) is 0 Å². The lowest BCUT2D eigenvalue weighted by molar-refractivity contribution is -0.995. The Morgan fingerprint density at radius 1 is 0.745 bits per heavy atom. The fraction of sp³-hybridized carbons (Fsp3) is 0.0750. The summed E-state index contributed by atoms with van der Waals surface area (Å²) in [4.78, 5) is 4.60. The number of para-hydroxylation sites is 1. The molecule has 47 heavy (non-hydrogen) atoms. The number of furan rings is 1. The van der Waals surface area contributed by atoms with Gasteiger partial charge >= 0.3 is 5.66 Å². The molecule has 0 saturated heterocycles. The number of benzene rings is 4. The van der Waals surface area contributed by atoms with Gasteiger partial charge in [0.25, 0.3) is 5.82 Å². The molecule has 3 aliphatic heterocycles. The van der Waals surface area contributed by atoms with Gasteiger partial charge in [-0.3, -0.25) is 4.98 Å². The number of fused-ring (bicyclic) bond motifs is 10.